The minimum Gasteiger partial charge on any atom is -0.381 e. The number of thiophene rings is 1. The van der Waals surface area contributed by atoms with E-state index < -0.39 is 6.10 Å². The summed E-state index contributed by atoms with van der Waals surface area (Å²) in [5.74, 6) is 3.22. The van der Waals surface area contributed by atoms with Gasteiger partial charge in [0.15, 0.2) is 0 Å². The lowest BCUT2D eigenvalue weighted by Crippen LogP contribution is -2.05. The number of thioether (sulfide) groups is 1. The van der Waals surface area contributed by atoms with Gasteiger partial charge in [0, 0.05) is 22.6 Å². The first-order chi connectivity index (χ1) is 8.66. The van der Waals surface area contributed by atoms with Crippen molar-refractivity contribution in [2.75, 3.05) is 5.75 Å². The Morgan fingerprint density at radius 1 is 1.50 bits per heavy atom. The smallest absolute Gasteiger partial charge is 0.130 e. The molecule has 1 aliphatic heterocycles. The molecular formula is C13H16N2OS2. The zero-order valence-electron chi connectivity index (χ0n) is 10.5. The number of imidazole rings is 1. The van der Waals surface area contributed by atoms with E-state index in [4.69, 9.17) is 0 Å². The van der Waals surface area contributed by atoms with Crippen LogP contribution in [0, 0.1) is 6.92 Å². The summed E-state index contributed by atoms with van der Waals surface area (Å²) in [5, 5.41) is 10.5. The van der Waals surface area contributed by atoms with Gasteiger partial charge in [-0.1, -0.05) is 0 Å². The molecular weight excluding hydrogens is 264 g/mol. The number of aromatic nitrogens is 2. The van der Waals surface area contributed by atoms with Crippen LogP contribution in [0.15, 0.2) is 12.3 Å². The van der Waals surface area contributed by atoms with Crippen LogP contribution in [-0.4, -0.2) is 20.4 Å². The lowest BCUT2D eigenvalue weighted by molar-refractivity contribution is 0.215. The van der Waals surface area contributed by atoms with Crippen LogP contribution < -0.4 is 0 Å². The van der Waals surface area contributed by atoms with Crippen molar-refractivity contribution in [1.82, 2.24) is 9.55 Å². The van der Waals surface area contributed by atoms with Gasteiger partial charge in [0.05, 0.1) is 11.9 Å². The van der Waals surface area contributed by atoms with Crippen molar-refractivity contribution in [3.05, 3.63) is 39.1 Å². The van der Waals surface area contributed by atoms with E-state index in [-0.39, 0.29) is 0 Å². The molecule has 0 amide bonds. The van der Waals surface area contributed by atoms with E-state index in [1.165, 1.54) is 16.2 Å². The van der Waals surface area contributed by atoms with Gasteiger partial charge in [-0.15, -0.1) is 11.3 Å². The van der Waals surface area contributed by atoms with Crippen molar-refractivity contribution in [3.8, 4) is 0 Å². The van der Waals surface area contributed by atoms with Crippen molar-refractivity contribution in [2.45, 2.75) is 25.2 Å². The van der Waals surface area contributed by atoms with Gasteiger partial charge >= 0.3 is 0 Å². The molecule has 1 N–H and O–H groups in total. The van der Waals surface area contributed by atoms with Gasteiger partial charge in [0.1, 0.15) is 11.9 Å². The lowest BCUT2D eigenvalue weighted by Gasteiger charge is -2.09. The molecule has 3 heterocycles. The molecule has 5 heteroatoms. The zero-order chi connectivity index (χ0) is 12.7. The summed E-state index contributed by atoms with van der Waals surface area (Å²) < 4.78 is 1.96. The van der Waals surface area contributed by atoms with Crippen LogP contribution in [0.2, 0.25) is 0 Å². The first-order valence-electron chi connectivity index (χ1n) is 6.02. The van der Waals surface area contributed by atoms with Crippen molar-refractivity contribution in [3.63, 3.8) is 0 Å². The molecule has 0 saturated heterocycles. The second-order valence-corrected chi connectivity index (χ2v) is 6.87. The van der Waals surface area contributed by atoms with Crippen LogP contribution >= 0.6 is 23.1 Å². The number of hydrogen-bond acceptors (Lipinski definition) is 4. The summed E-state index contributed by atoms with van der Waals surface area (Å²) >= 11 is 3.72. The van der Waals surface area contributed by atoms with Crippen LogP contribution in [0.4, 0.5) is 0 Å². The van der Waals surface area contributed by atoms with Gasteiger partial charge in [-0.3, -0.25) is 0 Å². The van der Waals surface area contributed by atoms with Gasteiger partial charge in [-0.2, -0.15) is 11.8 Å². The molecule has 0 fully saturated rings. The first-order valence-corrected chi connectivity index (χ1v) is 7.99. The van der Waals surface area contributed by atoms with Crippen molar-refractivity contribution in [1.29, 1.82) is 0 Å². The third kappa shape index (κ3) is 2.00. The zero-order valence-corrected chi connectivity index (χ0v) is 12.1. The lowest BCUT2D eigenvalue weighted by atomic mass is 10.1. The van der Waals surface area contributed by atoms with Crippen LogP contribution in [0.25, 0.3) is 0 Å². The molecule has 1 unspecified atom stereocenters. The molecule has 3 rings (SSSR count). The van der Waals surface area contributed by atoms with E-state index in [9.17, 15) is 5.11 Å². The van der Waals surface area contributed by atoms with E-state index in [1.54, 1.807) is 17.5 Å². The number of aryl methyl sites for hydroxylation is 2. The molecule has 2 aromatic rings. The molecule has 1 atom stereocenters. The number of rotatable bonds is 2. The molecule has 96 valence electrons. The topological polar surface area (TPSA) is 38.1 Å². The van der Waals surface area contributed by atoms with E-state index in [0.717, 1.165) is 28.6 Å². The second-order valence-electron chi connectivity index (χ2n) is 4.59. The highest BCUT2D eigenvalue weighted by atomic mass is 32.2. The third-order valence-corrected chi connectivity index (χ3v) is 5.75. The van der Waals surface area contributed by atoms with Gasteiger partial charge in [-0.05, 0) is 30.7 Å². The molecule has 0 bridgehead atoms. The fourth-order valence-electron chi connectivity index (χ4n) is 2.22. The maximum atomic E-state index is 10.5. The Hall–Kier alpha value is -0.780. The molecule has 0 aromatic carbocycles. The minimum atomic E-state index is -0.545. The summed E-state index contributed by atoms with van der Waals surface area (Å²) in [6, 6.07) is 2.17. The number of nitrogens with zero attached hydrogens (tertiary/aromatic N) is 2. The molecule has 1 aliphatic rings. The average Bonchev–Trinajstić information content (AvgIpc) is 2.94. The van der Waals surface area contributed by atoms with E-state index in [1.807, 2.05) is 30.3 Å². The van der Waals surface area contributed by atoms with Gasteiger partial charge in [0.2, 0.25) is 0 Å². The van der Waals surface area contributed by atoms with E-state index in [0.29, 0.717) is 0 Å². The molecule has 0 spiro atoms. The standard InChI is InChI=1S/C13H16N2OS2/c1-8-14-6-10(15(8)2)13(16)12-5-9-7-17-4-3-11(9)18-12/h5-6,13,16H,3-4,7H2,1-2H3. The predicted molar refractivity (Wildman–Crippen MR) is 76.2 cm³/mol. The predicted octanol–water partition coefficient (Wildman–Crippen LogP) is 2.66. The first kappa shape index (κ1) is 12.3. The summed E-state index contributed by atoms with van der Waals surface area (Å²) in [6.45, 7) is 1.95. The summed E-state index contributed by atoms with van der Waals surface area (Å²) in [6.07, 6.45) is 2.37. The normalized spacial score (nSPS) is 16.6. The maximum Gasteiger partial charge on any atom is 0.130 e. The highest BCUT2D eigenvalue weighted by Gasteiger charge is 2.21. The molecule has 0 saturated carbocycles. The largest absolute Gasteiger partial charge is 0.381 e. The van der Waals surface area contributed by atoms with E-state index >= 15 is 0 Å². The van der Waals surface area contributed by atoms with Crippen LogP contribution in [0.5, 0.6) is 0 Å². The highest BCUT2D eigenvalue weighted by Crippen LogP contribution is 2.36. The highest BCUT2D eigenvalue weighted by molar-refractivity contribution is 7.98. The van der Waals surface area contributed by atoms with Crippen molar-refractivity contribution >= 4 is 23.1 Å². The molecule has 0 aliphatic carbocycles. The van der Waals surface area contributed by atoms with Gasteiger partial charge in [0.25, 0.3) is 0 Å². The average molecular weight is 280 g/mol. The number of hydrogen-bond donors (Lipinski definition) is 1. The Kier molecular flexibility index (Phi) is 3.21. The SMILES string of the molecule is Cc1ncc(C(O)c2cc3c(s2)CCSC3)n1C. The van der Waals surface area contributed by atoms with Gasteiger partial charge < -0.3 is 9.67 Å². The maximum absolute atomic E-state index is 10.5. The van der Waals surface area contributed by atoms with Crippen molar-refractivity contribution in [2.24, 2.45) is 7.05 Å². The number of aliphatic hydroxyl groups is 1. The van der Waals surface area contributed by atoms with Crippen molar-refractivity contribution < 1.29 is 5.11 Å². The summed E-state index contributed by atoms with van der Waals surface area (Å²) in [7, 11) is 1.95. The Bertz CT molecular complexity index is 550. The quantitative estimate of drug-likeness (QED) is 0.919. The Morgan fingerprint density at radius 3 is 3.00 bits per heavy atom. The fourth-order valence-corrected chi connectivity index (χ4v) is 4.60. The molecule has 18 heavy (non-hydrogen) atoms. The van der Waals surface area contributed by atoms with Crippen LogP contribution in [-0.2, 0) is 19.2 Å². The molecule has 3 nitrogen and oxygen atoms in total. The van der Waals surface area contributed by atoms with Gasteiger partial charge in [-0.25, -0.2) is 4.98 Å². The fraction of sp³-hybridized carbons (Fsp3) is 0.462. The molecule has 0 radical (unpaired) electrons. The second kappa shape index (κ2) is 4.72. The Labute approximate surface area is 115 Å². The summed E-state index contributed by atoms with van der Waals surface area (Å²) in [5.41, 5.74) is 2.28. The van der Waals surface area contributed by atoms with Crippen LogP contribution in [0.1, 0.15) is 32.9 Å². The Balaban J connectivity index is 1.94. The minimum absolute atomic E-state index is 0.545. The molecule has 2 aromatic heterocycles. The third-order valence-electron chi connectivity index (χ3n) is 3.45. The van der Waals surface area contributed by atoms with Crippen LogP contribution in [0.3, 0.4) is 0 Å². The summed E-state index contributed by atoms with van der Waals surface area (Å²) in [4.78, 5) is 6.74. The number of fused-ring (bicyclic) bond motifs is 1. The monoisotopic (exact) mass is 280 g/mol. The number of aliphatic hydroxyl groups excluding tert-OH is 1. The van der Waals surface area contributed by atoms with E-state index in [2.05, 4.69) is 11.1 Å². The Morgan fingerprint density at radius 2 is 2.33 bits per heavy atom.